The molecular weight excluding hydrogens is 262 g/mol. The first-order valence-corrected chi connectivity index (χ1v) is 7.34. The number of aryl methyl sites for hydroxylation is 1. The van der Waals surface area contributed by atoms with Crippen LogP contribution in [0.25, 0.3) is 10.8 Å². The van der Waals surface area contributed by atoms with Crippen LogP contribution in [-0.4, -0.2) is 16.7 Å². The van der Waals surface area contributed by atoms with Gasteiger partial charge < -0.3 is 15.0 Å². The highest BCUT2D eigenvalue weighted by Gasteiger charge is 2.20. The fraction of sp³-hybridized carbons (Fsp3) is 0.538. The van der Waals surface area contributed by atoms with E-state index in [1.165, 1.54) is 11.3 Å². The second-order valence-electron chi connectivity index (χ2n) is 4.35. The van der Waals surface area contributed by atoms with Gasteiger partial charge in [0.05, 0.1) is 5.69 Å². The standard InChI is InChI=1S/C13H19N3O2S/c1-4-6-9(17-5-2)12-15-13(18-16-12)11-10(14)8(3)7-19-11/h7,9H,4-6,14H2,1-3H3. The van der Waals surface area contributed by atoms with Crippen LogP contribution >= 0.6 is 11.3 Å². The summed E-state index contributed by atoms with van der Waals surface area (Å²) in [4.78, 5) is 5.26. The summed E-state index contributed by atoms with van der Waals surface area (Å²) >= 11 is 1.52. The van der Waals surface area contributed by atoms with Crippen molar-refractivity contribution in [2.24, 2.45) is 0 Å². The quantitative estimate of drug-likeness (QED) is 0.876. The lowest BCUT2D eigenvalue weighted by molar-refractivity contribution is 0.0478. The second kappa shape index (κ2) is 6.16. The molecule has 104 valence electrons. The van der Waals surface area contributed by atoms with Gasteiger partial charge in [-0.3, -0.25) is 0 Å². The Morgan fingerprint density at radius 3 is 2.84 bits per heavy atom. The number of hydrogen-bond donors (Lipinski definition) is 1. The molecule has 0 bridgehead atoms. The first-order chi connectivity index (χ1) is 9.17. The van der Waals surface area contributed by atoms with Crippen LogP contribution in [0.15, 0.2) is 9.90 Å². The number of ether oxygens (including phenoxy) is 1. The molecule has 2 aromatic heterocycles. The fourth-order valence-electron chi connectivity index (χ4n) is 1.83. The van der Waals surface area contributed by atoms with Gasteiger partial charge in [0.15, 0.2) is 0 Å². The van der Waals surface area contributed by atoms with E-state index in [-0.39, 0.29) is 6.10 Å². The first kappa shape index (κ1) is 14.0. The van der Waals surface area contributed by atoms with Crippen molar-refractivity contribution in [2.45, 2.75) is 39.7 Å². The maximum atomic E-state index is 5.99. The lowest BCUT2D eigenvalue weighted by Crippen LogP contribution is -2.05. The monoisotopic (exact) mass is 281 g/mol. The second-order valence-corrected chi connectivity index (χ2v) is 5.23. The molecule has 0 aliphatic carbocycles. The van der Waals surface area contributed by atoms with Gasteiger partial charge in [-0.15, -0.1) is 11.3 Å². The molecule has 19 heavy (non-hydrogen) atoms. The third-order valence-corrected chi connectivity index (χ3v) is 3.97. The Morgan fingerprint density at radius 1 is 1.47 bits per heavy atom. The molecule has 0 saturated carbocycles. The highest BCUT2D eigenvalue weighted by atomic mass is 32.1. The van der Waals surface area contributed by atoms with E-state index in [0.29, 0.717) is 24.0 Å². The van der Waals surface area contributed by atoms with Gasteiger partial charge in [0.1, 0.15) is 11.0 Å². The molecule has 2 N–H and O–H groups in total. The van der Waals surface area contributed by atoms with E-state index in [1.54, 1.807) is 0 Å². The Hall–Kier alpha value is -1.40. The van der Waals surface area contributed by atoms with Gasteiger partial charge in [-0.2, -0.15) is 4.98 Å². The number of thiophene rings is 1. The SMILES string of the molecule is CCCC(OCC)c1noc(-c2scc(C)c2N)n1. The molecule has 2 aromatic rings. The van der Waals surface area contributed by atoms with Crippen LogP contribution in [0.2, 0.25) is 0 Å². The largest absolute Gasteiger partial charge is 0.397 e. The Labute approximate surface area is 116 Å². The van der Waals surface area contributed by atoms with E-state index in [1.807, 2.05) is 19.2 Å². The minimum absolute atomic E-state index is 0.102. The van der Waals surface area contributed by atoms with Crippen LogP contribution in [0, 0.1) is 6.92 Å². The van der Waals surface area contributed by atoms with Crippen molar-refractivity contribution in [2.75, 3.05) is 12.3 Å². The fourth-order valence-corrected chi connectivity index (χ4v) is 2.72. The number of hydrogen-bond acceptors (Lipinski definition) is 6. The van der Waals surface area contributed by atoms with Crippen molar-refractivity contribution in [3.63, 3.8) is 0 Å². The van der Waals surface area contributed by atoms with Crippen LogP contribution in [0.3, 0.4) is 0 Å². The van der Waals surface area contributed by atoms with E-state index in [2.05, 4.69) is 17.1 Å². The summed E-state index contributed by atoms with van der Waals surface area (Å²) in [5, 5.41) is 6.01. The summed E-state index contributed by atoms with van der Waals surface area (Å²) in [6, 6.07) is 0. The highest BCUT2D eigenvalue weighted by Crippen LogP contribution is 2.34. The van der Waals surface area contributed by atoms with E-state index >= 15 is 0 Å². The number of rotatable bonds is 6. The number of nitrogens with two attached hydrogens (primary N) is 1. The van der Waals surface area contributed by atoms with Gasteiger partial charge in [-0.25, -0.2) is 0 Å². The molecule has 2 rings (SSSR count). The van der Waals surface area contributed by atoms with Crippen LogP contribution < -0.4 is 5.73 Å². The van der Waals surface area contributed by atoms with Gasteiger partial charge in [-0.1, -0.05) is 18.5 Å². The number of anilines is 1. The predicted octanol–water partition coefficient (Wildman–Crippen LogP) is 3.57. The lowest BCUT2D eigenvalue weighted by Gasteiger charge is -2.10. The molecule has 0 spiro atoms. The van der Waals surface area contributed by atoms with Crippen molar-refractivity contribution in [1.29, 1.82) is 0 Å². The van der Waals surface area contributed by atoms with Crippen LogP contribution in [0.4, 0.5) is 5.69 Å². The zero-order chi connectivity index (χ0) is 13.8. The normalized spacial score (nSPS) is 12.8. The summed E-state index contributed by atoms with van der Waals surface area (Å²) < 4.78 is 10.9. The first-order valence-electron chi connectivity index (χ1n) is 6.46. The summed E-state index contributed by atoms with van der Waals surface area (Å²) in [6.45, 7) is 6.67. The minimum Gasteiger partial charge on any atom is -0.397 e. The molecule has 0 aliphatic rings. The Balaban J connectivity index is 2.24. The third-order valence-electron chi connectivity index (χ3n) is 2.87. The third kappa shape index (κ3) is 2.96. The Kier molecular flexibility index (Phi) is 4.55. The van der Waals surface area contributed by atoms with Gasteiger partial charge in [0, 0.05) is 6.61 Å². The maximum Gasteiger partial charge on any atom is 0.270 e. The zero-order valence-corrected chi connectivity index (χ0v) is 12.3. The van der Waals surface area contributed by atoms with Crippen LogP contribution in [0.5, 0.6) is 0 Å². The van der Waals surface area contributed by atoms with E-state index in [9.17, 15) is 0 Å². The van der Waals surface area contributed by atoms with Crippen LogP contribution in [-0.2, 0) is 4.74 Å². The van der Waals surface area contributed by atoms with Crippen molar-refractivity contribution >= 4 is 17.0 Å². The molecule has 1 unspecified atom stereocenters. The van der Waals surface area contributed by atoms with Gasteiger partial charge >= 0.3 is 0 Å². The zero-order valence-electron chi connectivity index (χ0n) is 11.5. The molecular formula is C13H19N3O2S. The maximum absolute atomic E-state index is 5.99. The van der Waals surface area contributed by atoms with Crippen molar-refractivity contribution in [3.8, 4) is 10.8 Å². The molecule has 0 radical (unpaired) electrons. The molecule has 5 nitrogen and oxygen atoms in total. The summed E-state index contributed by atoms with van der Waals surface area (Å²) in [6.07, 6.45) is 1.79. The number of aromatic nitrogens is 2. The number of nitrogens with zero attached hydrogens (tertiary/aromatic N) is 2. The topological polar surface area (TPSA) is 74.2 Å². The molecule has 0 amide bonds. The smallest absolute Gasteiger partial charge is 0.270 e. The molecule has 2 heterocycles. The van der Waals surface area contributed by atoms with E-state index in [0.717, 1.165) is 23.3 Å². The van der Waals surface area contributed by atoms with E-state index in [4.69, 9.17) is 15.0 Å². The van der Waals surface area contributed by atoms with Crippen molar-refractivity contribution in [3.05, 3.63) is 16.8 Å². The molecule has 6 heteroatoms. The Morgan fingerprint density at radius 2 is 2.26 bits per heavy atom. The van der Waals surface area contributed by atoms with Gasteiger partial charge in [0.25, 0.3) is 5.89 Å². The van der Waals surface area contributed by atoms with Gasteiger partial charge in [0.2, 0.25) is 5.82 Å². The molecule has 0 aliphatic heterocycles. The minimum atomic E-state index is -0.102. The molecule has 1 atom stereocenters. The molecule has 0 fully saturated rings. The van der Waals surface area contributed by atoms with Gasteiger partial charge in [-0.05, 0) is 31.2 Å². The molecule has 0 aromatic carbocycles. The Bertz CT molecular complexity index is 530. The number of nitrogen functional groups attached to an aromatic ring is 1. The predicted molar refractivity (Wildman–Crippen MR) is 76.0 cm³/mol. The lowest BCUT2D eigenvalue weighted by atomic mass is 10.2. The van der Waals surface area contributed by atoms with E-state index < -0.39 is 0 Å². The van der Waals surface area contributed by atoms with Crippen molar-refractivity contribution < 1.29 is 9.26 Å². The highest BCUT2D eigenvalue weighted by molar-refractivity contribution is 7.14. The molecule has 0 saturated heterocycles. The van der Waals surface area contributed by atoms with Crippen LogP contribution in [0.1, 0.15) is 44.2 Å². The summed E-state index contributed by atoms with van der Waals surface area (Å²) in [5.41, 5.74) is 7.74. The average Bonchev–Trinajstić information content (AvgIpc) is 2.98. The summed E-state index contributed by atoms with van der Waals surface area (Å²) in [7, 11) is 0. The average molecular weight is 281 g/mol. The summed E-state index contributed by atoms with van der Waals surface area (Å²) in [5.74, 6) is 1.08. The van der Waals surface area contributed by atoms with Crippen molar-refractivity contribution in [1.82, 2.24) is 10.1 Å².